The van der Waals surface area contributed by atoms with Crippen molar-refractivity contribution < 1.29 is 27.5 Å². The molecule has 0 saturated carbocycles. The molecule has 0 fully saturated rings. The van der Waals surface area contributed by atoms with Crippen LogP contribution < -0.4 is 10.1 Å². The van der Waals surface area contributed by atoms with Crippen LogP contribution in [0, 0.1) is 5.92 Å². The van der Waals surface area contributed by atoms with E-state index < -0.39 is 16.1 Å². The number of sulfonamides is 1. The molecule has 0 unspecified atom stereocenters. The Morgan fingerprint density at radius 2 is 1.93 bits per heavy atom. The van der Waals surface area contributed by atoms with Gasteiger partial charge in [0.1, 0.15) is 12.4 Å². The molecular weight excluding hydrogens is 410 g/mol. The lowest BCUT2D eigenvalue weighted by Crippen LogP contribution is -2.48. The zero-order valence-electron chi connectivity index (χ0n) is 18.3. The van der Waals surface area contributed by atoms with Crippen LogP contribution >= 0.6 is 0 Å². The lowest BCUT2D eigenvalue weighted by atomic mass is 10.0. The number of fused-ring (bicyclic) bond motifs is 1. The standard InChI is InChI=1S/C20H31N3O6S/c1-13-10-23(30(6,26)27)14(2)12-29-18-8-7-16(21-15(3)24)9-17(18)20(25)22(4)11-19(13)28-5/h7-9,13-14,19H,10-12H2,1-6H3,(H,21,24)/t13-,14+,19-/m1/s1. The molecular formula is C20H31N3O6S. The molecule has 1 N–H and O–H groups in total. The monoisotopic (exact) mass is 441 g/mol. The number of methoxy groups -OCH3 is 1. The van der Waals surface area contributed by atoms with Gasteiger partial charge in [0.25, 0.3) is 5.91 Å². The molecule has 1 aliphatic heterocycles. The Morgan fingerprint density at radius 1 is 1.27 bits per heavy atom. The predicted octanol–water partition coefficient (Wildman–Crippen LogP) is 1.41. The Bertz CT molecular complexity index is 889. The molecule has 1 aromatic carbocycles. The topological polar surface area (TPSA) is 105 Å². The highest BCUT2D eigenvalue weighted by molar-refractivity contribution is 7.88. The summed E-state index contributed by atoms with van der Waals surface area (Å²) in [6, 6.07) is 4.35. The molecule has 1 heterocycles. The maximum Gasteiger partial charge on any atom is 0.257 e. The van der Waals surface area contributed by atoms with E-state index in [0.717, 1.165) is 0 Å². The van der Waals surface area contributed by atoms with Gasteiger partial charge in [0.2, 0.25) is 15.9 Å². The molecule has 3 atom stereocenters. The summed E-state index contributed by atoms with van der Waals surface area (Å²) in [7, 11) is -0.282. The second-order valence-corrected chi connectivity index (χ2v) is 9.76. The third-order valence-electron chi connectivity index (χ3n) is 5.13. The molecule has 0 spiro atoms. The molecule has 0 saturated heterocycles. The quantitative estimate of drug-likeness (QED) is 0.760. The van der Waals surface area contributed by atoms with Gasteiger partial charge in [-0.05, 0) is 31.0 Å². The van der Waals surface area contributed by atoms with Crippen LogP contribution in [0.15, 0.2) is 18.2 Å². The summed E-state index contributed by atoms with van der Waals surface area (Å²) in [5.41, 5.74) is 0.756. The van der Waals surface area contributed by atoms with Gasteiger partial charge in [0.15, 0.2) is 0 Å². The number of carbonyl (C=O) groups is 2. The van der Waals surface area contributed by atoms with Gasteiger partial charge in [-0.15, -0.1) is 0 Å². The van der Waals surface area contributed by atoms with E-state index in [0.29, 0.717) is 11.4 Å². The summed E-state index contributed by atoms with van der Waals surface area (Å²) in [4.78, 5) is 26.1. The Labute approximate surface area is 178 Å². The van der Waals surface area contributed by atoms with Gasteiger partial charge in [-0.1, -0.05) is 6.92 Å². The molecule has 2 rings (SSSR count). The second-order valence-electron chi connectivity index (χ2n) is 7.82. The van der Waals surface area contributed by atoms with Gasteiger partial charge in [-0.3, -0.25) is 9.59 Å². The normalized spacial score (nSPS) is 24.3. The number of amides is 2. The van der Waals surface area contributed by atoms with Crippen molar-refractivity contribution in [3.63, 3.8) is 0 Å². The van der Waals surface area contributed by atoms with Gasteiger partial charge < -0.3 is 19.7 Å². The number of anilines is 1. The molecule has 10 heteroatoms. The number of likely N-dealkylation sites (N-methyl/N-ethyl adjacent to an activating group) is 1. The molecule has 30 heavy (non-hydrogen) atoms. The van der Waals surface area contributed by atoms with Crippen molar-refractivity contribution >= 4 is 27.5 Å². The summed E-state index contributed by atoms with van der Waals surface area (Å²) in [5.74, 6) is -0.369. The first-order valence-corrected chi connectivity index (χ1v) is 11.6. The molecule has 1 aromatic rings. The van der Waals surface area contributed by atoms with E-state index in [1.165, 1.54) is 22.4 Å². The minimum atomic E-state index is -3.48. The van der Waals surface area contributed by atoms with Crippen molar-refractivity contribution in [2.75, 3.05) is 45.4 Å². The van der Waals surface area contributed by atoms with Crippen LogP contribution in [0.25, 0.3) is 0 Å². The Kier molecular flexibility index (Phi) is 7.84. The summed E-state index contributed by atoms with van der Waals surface area (Å²) >= 11 is 0. The fourth-order valence-corrected chi connectivity index (χ4v) is 4.71. The number of nitrogens with one attached hydrogen (secondary N) is 1. The lowest BCUT2D eigenvalue weighted by molar-refractivity contribution is -0.114. The number of rotatable bonds is 3. The summed E-state index contributed by atoms with van der Waals surface area (Å²) in [6.45, 7) is 5.63. The summed E-state index contributed by atoms with van der Waals surface area (Å²) in [5, 5.41) is 2.66. The van der Waals surface area contributed by atoms with E-state index in [-0.39, 0.29) is 49.1 Å². The van der Waals surface area contributed by atoms with E-state index in [4.69, 9.17) is 9.47 Å². The zero-order valence-corrected chi connectivity index (χ0v) is 19.2. The summed E-state index contributed by atoms with van der Waals surface area (Å²) < 4.78 is 37.6. The average molecular weight is 442 g/mol. The summed E-state index contributed by atoms with van der Waals surface area (Å²) in [6.07, 6.45) is 0.811. The van der Waals surface area contributed by atoms with Gasteiger partial charge in [0.05, 0.1) is 24.0 Å². The molecule has 2 amide bonds. The van der Waals surface area contributed by atoms with E-state index >= 15 is 0 Å². The lowest BCUT2D eigenvalue weighted by Gasteiger charge is -2.34. The van der Waals surface area contributed by atoms with E-state index in [9.17, 15) is 18.0 Å². The molecule has 0 aromatic heterocycles. The number of hydrogen-bond donors (Lipinski definition) is 1. The van der Waals surface area contributed by atoms with Crippen molar-refractivity contribution in [1.82, 2.24) is 9.21 Å². The smallest absolute Gasteiger partial charge is 0.257 e. The fraction of sp³-hybridized carbons (Fsp3) is 0.600. The maximum absolute atomic E-state index is 13.1. The second kappa shape index (κ2) is 9.76. The molecule has 0 aliphatic carbocycles. The first kappa shape index (κ1) is 24.1. The highest BCUT2D eigenvalue weighted by Crippen LogP contribution is 2.26. The van der Waals surface area contributed by atoms with Crippen LogP contribution in [0.1, 0.15) is 31.1 Å². The van der Waals surface area contributed by atoms with E-state index in [1.54, 1.807) is 39.3 Å². The van der Waals surface area contributed by atoms with Crippen LogP contribution in [-0.4, -0.2) is 81.7 Å². The Hall–Kier alpha value is -2.17. The minimum absolute atomic E-state index is 0.0704. The molecule has 168 valence electrons. The number of carbonyl (C=O) groups excluding carboxylic acids is 2. The van der Waals surface area contributed by atoms with Gasteiger partial charge >= 0.3 is 0 Å². The van der Waals surface area contributed by atoms with Gasteiger partial charge in [-0.25, -0.2) is 8.42 Å². The molecule has 9 nitrogen and oxygen atoms in total. The molecule has 1 aliphatic rings. The predicted molar refractivity (Wildman–Crippen MR) is 114 cm³/mol. The van der Waals surface area contributed by atoms with Crippen LogP contribution in [0.2, 0.25) is 0 Å². The highest BCUT2D eigenvalue weighted by Gasteiger charge is 2.31. The van der Waals surface area contributed by atoms with Gasteiger partial charge in [0, 0.05) is 39.9 Å². The largest absolute Gasteiger partial charge is 0.491 e. The fourth-order valence-electron chi connectivity index (χ4n) is 3.49. The van der Waals surface area contributed by atoms with Crippen molar-refractivity contribution in [1.29, 1.82) is 0 Å². The van der Waals surface area contributed by atoms with E-state index in [1.807, 2.05) is 6.92 Å². The Balaban J connectivity index is 2.50. The van der Waals surface area contributed by atoms with Crippen LogP contribution in [0.3, 0.4) is 0 Å². The maximum atomic E-state index is 13.1. The van der Waals surface area contributed by atoms with Crippen LogP contribution in [0.4, 0.5) is 5.69 Å². The van der Waals surface area contributed by atoms with Crippen molar-refractivity contribution in [2.45, 2.75) is 32.9 Å². The third kappa shape index (κ3) is 5.93. The van der Waals surface area contributed by atoms with Crippen molar-refractivity contribution in [2.24, 2.45) is 5.92 Å². The van der Waals surface area contributed by atoms with Crippen LogP contribution in [-0.2, 0) is 19.6 Å². The molecule has 0 radical (unpaired) electrons. The van der Waals surface area contributed by atoms with E-state index in [2.05, 4.69) is 5.32 Å². The minimum Gasteiger partial charge on any atom is -0.491 e. The SMILES string of the molecule is CO[C@@H]1CN(C)C(=O)c2cc(NC(C)=O)ccc2OC[C@H](C)N(S(C)(=O)=O)C[C@H]1C. The Morgan fingerprint density at radius 3 is 2.50 bits per heavy atom. The number of hydrogen-bond acceptors (Lipinski definition) is 6. The highest BCUT2D eigenvalue weighted by atomic mass is 32.2. The first-order valence-electron chi connectivity index (χ1n) is 9.73. The van der Waals surface area contributed by atoms with Crippen LogP contribution in [0.5, 0.6) is 5.75 Å². The third-order valence-corrected chi connectivity index (χ3v) is 6.49. The van der Waals surface area contributed by atoms with Crippen molar-refractivity contribution in [3.8, 4) is 5.75 Å². The molecule has 0 bridgehead atoms. The van der Waals surface area contributed by atoms with Gasteiger partial charge in [-0.2, -0.15) is 4.31 Å². The average Bonchev–Trinajstić information content (AvgIpc) is 2.65. The first-order chi connectivity index (χ1) is 13.9. The number of ether oxygens (including phenoxy) is 2. The van der Waals surface area contributed by atoms with Crippen molar-refractivity contribution in [3.05, 3.63) is 23.8 Å². The number of nitrogens with zero attached hydrogens (tertiary/aromatic N) is 2. The zero-order chi connectivity index (χ0) is 22.6. The number of benzene rings is 1.